The summed E-state index contributed by atoms with van der Waals surface area (Å²) >= 11 is 0. The van der Waals surface area contributed by atoms with Gasteiger partial charge in [-0.2, -0.15) is 0 Å². The van der Waals surface area contributed by atoms with Crippen LogP contribution < -0.4 is 0 Å². The van der Waals surface area contributed by atoms with Gasteiger partial charge < -0.3 is 14.4 Å². The Morgan fingerprint density at radius 2 is 1.33 bits per heavy atom. The molecule has 0 atom stereocenters. The molecule has 0 unspecified atom stereocenters. The molecule has 1 saturated heterocycles. The number of carbonyl (C=O) groups excluding carboxylic acids is 2. The second kappa shape index (κ2) is 24.3. The van der Waals surface area contributed by atoms with Crippen molar-refractivity contribution in [2.45, 2.75) is 142 Å². The first kappa shape index (κ1) is 36.1. The lowest BCUT2D eigenvalue weighted by Crippen LogP contribution is -2.34. The van der Waals surface area contributed by atoms with Crippen LogP contribution in [0.5, 0.6) is 0 Å². The van der Waals surface area contributed by atoms with Gasteiger partial charge in [-0.15, -0.1) is 0 Å². The maximum atomic E-state index is 12.3. The van der Waals surface area contributed by atoms with Crippen LogP contribution in [-0.2, 0) is 32.1 Å². The van der Waals surface area contributed by atoms with E-state index in [9.17, 15) is 9.59 Å². The van der Waals surface area contributed by atoms with E-state index in [4.69, 9.17) is 9.47 Å². The summed E-state index contributed by atoms with van der Waals surface area (Å²) < 4.78 is 11.0. The molecule has 42 heavy (non-hydrogen) atoms. The summed E-state index contributed by atoms with van der Waals surface area (Å²) in [7, 11) is 0. The molecule has 1 aliphatic heterocycles. The van der Waals surface area contributed by atoms with Gasteiger partial charge in [0.25, 0.3) is 0 Å². The molecule has 1 aromatic carbocycles. The molecule has 0 radical (unpaired) electrons. The summed E-state index contributed by atoms with van der Waals surface area (Å²) in [4.78, 5) is 26.9. The number of allylic oxidation sites excluding steroid dienone is 2. The first-order valence-electron chi connectivity index (χ1n) is 17.4. The molecule has 0 amide bonds. The number of benzene rings is 1. The average Bonchev–Trinajstić information content (AvgIpc) is 3.00. The maximum Gasteiger partial charge on any atom is 0.310 e. The lowest BCUT2D eigenvalue weighted by atomic mass is 9.94. The number of esters is 2. The lowest BCUT2D eigenvalue weighted by Gasteiger charge is -2.31. The molecule has 0 saturated carbocycles. The number of carbonyl (C=O) groups is 2. The Hall–Kier alpha value is -2.14. The minimum Gasteiger partial charge on any atom is -0.465 e. The highest BCUT2D eigenvalue weighted by Crippen LogP contribution is 2.20. The fourth-order valence-electron chi connectivity index (χ4n) is 5.70. The standard InChI is InChI=1S/C37H61NO4/c1-3-5-6-7-8-9-10-11-12-13-14-15-16-17-18-19-36(39)42-32-35-22-20-34(21-23-35)31-37(40)41-30-26-33-24-28-38(27-4-2)29-25-33/h11-12,20-23,33H,3-10,13-19,24-32H2,1-2H3/b12-11-. The van der Waals surface area contributed by atoms with Crippen LogP contribution in [0.4, 0.5) is 0 Å². The van der Waals surface area contributed by atoms with E-state index in [-0.39, 0.29) is 25.0 Å². The maximum absolute atomic E-state index is 12.3. The van der Waals surface area contributed by atoms with Crippen LogP contribution in [0.25, 0.3) is 0 Å². The average molecular weight is 584 g/mol. The van der Waals surface area contributed by atoms with Crippen molar-refractivity contribution in [3.63, 3.8) is 0 Å². The third-order valence-corrected chi connectivity index (χ3v) is 8.45. The molecule has 1 fully saturated rings. The van der Waals surface area contributed by atoms with Crippen LogP contribution in [0, 0.1) is 5.92 Å². The number of nitrogens with zero attached hydrogens (tertiary/aromatic N) is 1. The number of unbranched alkanes of at least 4 members (excludes halogenated alkanes) is 11. The van der Waals surface area contributed by atoms with Crippen molar-refractivity contribution in [1.82, 2.24) is 4.90 Å². The fraction of sp³-hybridized carbons (Fsp3) is 0.730. The van der Waals surface area contributed by atoms with Gasteiger partial charge in [-0.25, -0.2) is 0 Å². The number of hydrogen-bond donors (Lipinski definition) is 0. The normalized spacial score (nSPS) is 14.4. The van der Waals surface area contributed by atoms with Crippen molar-refractivity contribution in [1.29, 1.82) is 0 Å². The zero-order valence-corrected chi connectivity index (χ0v) is 27.1. The largest absolute Gasteiger partial charge is 0.465 e. The molecule has 5 nitrogen and oxygen atoms in total. The van der Waals surface area contributed by atoms with Crippen molar-refractivity contribution >= 4 is 11.9 Å². The molecule has 0 aromatic heterocycles. The van der Waals surface area contributed by atoms with Crippen molar-refractivity contribution in [2.75, 3.05) is 26.2 Å². The van der Waals surface area contributed by atoms with Crippen LogP contribution >= 0.6 is 0 Å². The van der Waals surface area contributed by atoms with Gasteiger partial charge in [-0.05, 0) is 94.5 Å². The molecular formula is C37H61NO4. The summed E-state index contributed by atoms with van der Waals surface area (Å²) in [5, 5.41) is 0. The van der Waals surface area contributed by atoms with Gasteiger partial charge in [0.1, 0.15) is 6.61 Å². The Morgan fingerprint density at radius 3 is 1.98 bits per heavy atom. The number of rotatable bonds is 24. The first-order chi connectivity index (χ1) is 20.6. The van der Waals surface area contributed by atoms with Gasteiger partial charge in [-0.1, -0.05) is 102 Å². The van der Waals surface area contributed by atoms with E-state index < -0.39 is 0 Å². The molecule has 1 heterocycles. The van der Waals surface area contributed by atoms with E-state index in [1.807, 2.05) is 24.3 Å². The second-order valence-electron chi connectivity index (χ2n) is 12.3. The number of piperidine rings is 1. The molecule has 5 heteroatoms. The smallest absolute Gasteiger partial charge is 0.310 e. The minimum absolute atomic E-state index is 0.128. The summed E-state index contributed by atoms with van der Waals surface area (Å²) in [5.41, 5.74) is 1.87. The summed E-state index contributed by atoms with van der Waals surface area (Å²) in [5.74, 6) is 0.374. The summed E-state index contributed by atoms with van der Waals surface area (Å²) in [6, 6.07) is 7.72. The van der Waals surface area contributed by atoms with Crippen LogP contribution in [0.3, 0.4) is 0 Å². The van der Waals surface area contributed by atoms with Crippen molar-refractivity contribution in [3.05, 3.63) is 47.5 Å². The first-order valence-corrected chi connectivity index (χ1v) is 17.4. The van der Waals surface area contributed by atoms with E-state index in [2.05, 4.69) is 30.9 Å². The van der Waals surface area contributed by atoms with Crippen LogP contribution in [0.1, 0.15) is 141 Å². The molecule has 0 spiro atoms. The molecular weight excluding hydrogens is 522 g/mol. The monoisotopic (exact) mass is 583 g/mol. The highest BCUT2D eigenvalue weighted by molar-refractivity contribution is 5.72. The van der Waals surface area contributed by atoms with Crippen LogP contribution in [0.15, 0.2) is 36.4 Å². The van der Waals surface area contributed by atoms with Gasteiger partial charge in [0.2, 0.25) is 0 Å². The molecule has 1 aromatic rings. The molecule has 0 bridgehead atoms. The van der Waals surface area contributed by atoms with Gasteiger partial charge in [0.15, 0.2) is 0 Å². The highest BCUT2D eigenvalue weighted by atomic mass is 16.5. The van der Waals surface area contributed by atoms with Gasteiger partial charge in [-0.3, -0.25) is 9.59 Å². The molecule has 2 rings (SSSR count). The minimum atomic E-state index is -0.169. The fourth-order valence-corrected chi connectivity index (χ4v) is 5.70. The van der Waals surface area contributed by atoms with Gasteiger partial charge in [0.05, 0.1) is 13.0 Å². The SMILES string of the molecule is CCCCCCCC/C=C\CCCCCCCC(=O)OCc1ccc(CC(=O)OCCC2CCN(CCC)CC2)cc1. The summed E-state index contributed by atoms with van der Waals surface area (Å²) in [6.45, 7) is 8.84. The Morgan fingerprint density at radius 1 is 0.738 bits per heavy atom. The highest BCUT2D eigenvalue weighted by Gasteiger charge is 2.18. The second-order valence-corrected chi connectivity index (χ2v) is 12.3. The zero-order valence-electron chi connectivity index (χ0n) is 27.1. The van der Waals surface area contributed by atoms with E-state index in [1.54, 1.807) is 0 Å². The number of likely N-dealkylation sites (tertiary alicyclic amines) is 1. The quantitative estimate of drug-likeness (QED) is 0.0689. The van der Waals surface area contributed by atoms with Gasteiger partial charge >= 0.3 is 11.9 Å². The number of hydrogen-bond acceptors (Lipinski definition) is 5. The van der Waals surface area contributed by atoms with Crippen molar-refractivity contribution in [3.8, 4) is 0 Å². The molecule has 1 aliphatic rings. The molecule has 238 valence electrons. The van der Waals surface area contributed by atoms with E-state index in [0.717, 1.165) is 30.4 Å². The third-order valence-electron chi connectivity index (χ3n) is 8.45. The lowest BCUT2D eigenvalue weighted by molar-refractivity contribution is -0.145. The number of ether oxygens (including phenoxy) is 2. The van der Waals surface area contributed by atoms with Crippen LogP contribution in [-0.4, -0.2) is 43.1 Å². The Labute approximate surface area is 257 Å². The van der Waals surface area contributed by atoms with Crippen LogP contribution in [0.2, 0.25) is 0 Å². The molecule has 0 aliphatic carbocycles. The zero-order chi connectivity index (χ0) is 30.1. The van der Waals surface area contributed by atoms with E-state index >= 15 is 0 Å². The Balaban J connectivity index is 1.42. The predicted octanol–water partition coefficient (Wildman–Crippen LogP) is 9.37. The third kappa shape index (κ3) is 18.4. The Bertz CT molecular complexity index is 842. The Kier molecular flexibility index (Phi) is 20.9. The summed E-state index contributed by atoms with van der Waals surface area (Å²) in [6.07, 6.45) is 26.3. The van der Waals surface area contributed by atoms with Gasteiger partial charge in [0, 0.05) is 6.42 Å². The topological polar surface area (TPSA) is 55.8 Å². The molecule has 0 N–H and O–H groups in total. The predicted molar refractivity (Wildman–Crippen MR) is 174 cm³/mol. The van der Waals surface area contributed by atoms with E-state index in [0.29, 0.717) is 18.9 Å². The van der Waals surface area contributed by atoms with Crippen molar-refractivity contribution < 1.29 is 19.1 Å². The van der Waals surface area contributed by atoms with E-state index in [1.165, 1.54) is 110 Å². The van der Waals surface area contributed by atoms with Crippen molar-refractivity contribution in [2.24, 2.45) is 5.92 Å².